The minimum absolute atomic E-state index is 0.0615. The van der Waals surface area contributed by atoms with Crippen LogP contribution < -0.4 is 15.4 Å². The first-order chi connectivity index (χ1) is 14.4. The number of benzene rings is 1. The molecule has 1 aromatic rings. The first kappa shape index (κ1) is 22.8. The highest BCUT2D eigenvalue weighted by Crippen LogP contribution is 2.30. The van der Waals surface area contributed by atoms with Gasteiger partial charge in [0, 0.05) is 19.1 Å². The smallest absolute Gasteiger partial charge is 0.243 e. The summed E-state index contributed by atoms with van der Waals surface area (Å²) in [6.45, 7) is 5.31. The Labute approximate surface area is 179 Å². The number of hydrogen-bond donors (Lipinski definition) is 2. The molecule has 1 saturated carbocycles. The van der Waals surface area contributed by atoms with Crippen LogP contribution >= 0.6 is 0 Å². The molecular weight excluding hydrogens is 406 g/mol. The average molecular weight is 440 g/mol. The number of sulfonamides is 1. The Morgan fingerprint density at radius 3 is 2.57 bits per heavy atom. The van der Waals surface area contributed by atoms with Crippen molar-refractivity contribution in [2.75, 3.05) is 38.2 Å². The third-order valence-electron chi connectivity index (χ3n) is 5.33. The molecule has 0 unspecified atom stereocenters. The topological polar surface area (TPSA) is 97.0 Å². The van der Waals surface area contributed by atoms with Crippen LogP contribution in [0.3, 0.4) is 0 Å². The van der Waals surface area contributed by atoms with Crippen molar-refractivity contribution in [3.63, 3.8) is 0 Å². The van der Waals surface area contributed by atoms with E-state index < -0.39 is 10.0 Å². The van der Waals surface area contributed by atoms with Crippen LogP contribution in [0.2, 0.25) is 0 Å². The molecule has 9 heteroatoms. The molecule has 1 saturated heterocycles. The molecule has 1 aromatic carbocycles. The molecule has 8 nitrogen and oxygen atoms in total. The average Bonchev–Trinajstić information content (AvgIpc) is 2.74. The maximum absolute atomic E-state index is 13.0. The molecule has 0 spiro atoms. The molecule has 1 aliphatic heterocycles. The lowest BCUT2D eigenvalue weighted by molar-refractivity contribution is -0.120. The second kappa shape index (κ2) is 10.5. The van der Waals surface area contributed by atoms with E-state index in [0.717, 1.165) is 25.7 Å². The number of ether oxygens (including phenoxy) is 2. The van der Waals surface area contributed by atoms with Crippen LogP contribution in [-0.4, -0.2) is 63.6 Å². The lowest BCUT2D eigenvalue weighted by Crippen LogP contribution is -2.40. The SMILES string of the molecule is CC(C)Oc1ccc(S(=O)(=O)N2CCOCC2)cc1NCC(=O)NC1CCCCC1. The van der Waals surface area contributed by atoms with Crippen LogP contribution in [0.4, 0.5) is 5.69 Å². The lowest BCUT2D eigenvalue weighted by Gasteiger charge is -2.26. The van der Waals surface area contributed by atoms with Gasteiger partial charge >= 0.3 is 0 Å². The number of carbonyl (C=O) groups excluding carboxylic acids is 1. The van der Waals surface area contributed by atoms with E-state index in [1.807, 2.05) is 13.8 Å². The number of rotatable bonds is 8. The summed E-state index contributed by atoms with van der Waals surface area (Å²) in [5.74, 6) is 0.426. The maximum Gasteiger partial charge on any atom is 0.243 e. The Hall–Kier alpha value is -1.84. The molecule has 1 aliphatic carbocycles. The summed E-state index contributed by atoms with van der Waals surface area (Å²) >= 11 is 0. The fourth-order valence-corrected chi connectivity index (χ4v) is 5.24. The van der Waals surface area contributed by atoms with Gasteiger partial charge < -0.3 is 20.1 Å². The molecule has 168 valence electrons. The van der Waals surface area contributed by atoms with Crippen LogP contribution in [-0.2, 0) is 19.6 Å². The van der Waals surface area contributed by atoms with E-state index in [4.69, 9.17) is 9.47 Å². The molecule has 2 aliphatic rings. The van der Waals surface area contributed by atoms with Gasteiger partial charge in [0.2, 0.25) is 15.9 Å². The number of anilines is 1. The molecular formula is C21H33N3O5S. The lowest BCUT2D eigenvalue weighted by atomic mass is 9.95. The van der Waals surface area contributed by atoms with E-state index in [2.05, 4.69) is 10.6 Å². The van der Waals surface area contributed by atoms with Crippen LogP contribution in [0, 0.1) is 0 Å². The van der Waals surface area contributed by atoms with Crippen LogP contribution in [0.5, 0.6) is 5.75 Å². The fraction of sp³-hybridized carbons (Fsp3) is 0.667. The van der Waals surface area contributed by atoms with Gasteiger partial charge in [-0.1, -0.05) is 19.3 Å². The molecule has 2 N–H and O–H groups in total. The van der Waals surface area contributed by atoms with Crippen molar-refractivity contribution in [1.82, 2.24) is 9.62 Å². The summed E-state index contributed by atoms with van der Waals surface area (Å²) in [5.41, 5.74) is 0.497. The molecule has 2 fully saturated rings. The van der Waals surface area contributed by atoms with Crippen molar-refractivity contribution in [3.8, 4) is 5.75 Å². The van der Waals surface area contributed by atoms with Crippen molar-refractivity contribution in [3.05, 3.63) is 18.2 Å². The van der Waals surface area contributed by atoms with Crippen molar-refractivity contribution in [2.24, 2.45) is 0 Å². The summed E-state index contributed by atoms with van der Waals surface area (Å²) in [6.07, 6.45) is 5.47. The van der Waals surface area contributed by atoms with Crippen LogP contribution in [0.1, 0.15) is 46.0 Å². The molecule has 0 bridgehead atoms. The van der Waals surface area contributed by atoms with E-state index in [0.29, 0.717) is 37.7 Å². The van der Waals surface area contributed by atoms with Crippen LogP contribution in [0.15, 0.2) is 23.1 Å². The van der Waals surface area contributed by atoms with E-state index >= 15 is 0 Å². The number of nitrogens with one attached hydrogen (secondary N) is 2. The Morgan fingerprint density at radius 2 is 1.90 bits per heavy atom. The number of amides is 1. The molecule has 0 radical (unpaired) electrons. The quantitative estimate of drug-likeness (QED) is 0.645. The summed E-state index contributed by atoms with van der Waals surface area (Å²) in [4.78, 5) is 12.6. The van der Waals surface area contributed by atoms with Gasteiger partial charge in [-0.05, 0) is 44.9 Å². The summed E-state index contributed by atoms with van der Waals surface area (Å²) in [6, 6.07) is 4.98. The number of nitrogens with zero attached hydrogens (tertiary/aromatic N) is 1. The van der Waals surface area contributed by atoms with E-state index in [1.165, 1.54) is 10.7 Å². The Kier molecular flexibility index (Phi) is 7.96. The molecule has 1 amide bonds. The monoisotopic (exact) mass is 439 g/mol. The van der Waals surface area contributed by atoms with Gasteiger partial charge in [0.15, 0.2) is 0 Å². The minimum Gasteiger partial charge on any atom is -0.489 e. The highest BCUT2D eigenvalue weighted by molar-refractivity contribution is 7.89. The zero-order valence-corrected chi connectivity index (χ0v) is 18.7. The molecule has 0 atom stereocenters. The van der Waals surface area contributed by atoms with Gasteiger partial charge in [-0.3, -0.25) is 4.79 Å². The Morgan fingerprint density at radius 1 is 1.20 bits per heavy atom. The summed E-state index contributed by atoms with van der Waals surface area (Å²) in [5, 5.41) is 6.14. The molecule has 30 heavy (non-hydrogen) atoms. The summed E-state index contributed by atoms with van der Waals surface area (Å²) < 4.78 is 38.5. The number of hydrogen-bond acceptors (Lipinski definition) is 6. The van der Waals surface area contributed by atoms with Crippen LogP contribution in [0.25, 0.3) is 0 Å². The predicted molar refractivity (Wildman–Crippen MR) is 115 cm³/mol. The second-order valence-corrected chi connectivity index (χ2v) is 10.0. The van der Waals surface area contributed by atoms with Gasteiger partial charge in [-0.15, -0.1) is 0 Å². The largest absolute Gasteiger partial charge is 0.489 e. The van der Waals surface area contributed by atoms with E-state index in [9.17, 15) is 13.2 Å². The second-order valence-electron chi connectivity index (χ2n) is 8.10. The third kappa shape index (κ3) is 6.09. The number of carbonyl (C=O) groups is 1. The minimum atomic E-state index is -3.63. The van der Waals surface area contributed by atoms with Crippen molar-refractivity contribution in [2.45, 2.75) is 63.0 Å². The molecule has 0 aromatic heterocycles. The predicted octanol–water partition coefficient (Wildman–Crippen LogP) is 2.36. The third-order valence-corrected chi connectivity index (χ3v) is 7.23. The molecule has 1 heterocycles. The zero-order valence-electron chi connectivity index (χ0n) is 17.9. The highest BCUT2D eigenvalue weighted by atomic mass is 32.2. The van der Waals surface area contributed by atoms with Gasteiger partial charge in [-0.2, -0.15) is 4.31 Å². The van der Waals surface area contributed by atoms with Crippen molar-refractivity contribution >= 4 is 21.6 Å². The summed E-state index contributed by atoms with van der Waals surface area (Å²) in [7, 11) is -3.63. The first-order valence-corrected chi connectivity index (χ1v) is 12.2. The molecule has 3 rings (SSSR count). The van der Waals surface area contributed by atoms with Gasteiger partial charge in [0.05, 0.1) is 36.4 Å². The van der Waals surface area contributed by atoms with Gasteiger partial charge in [0.1, 0.15) is 5.75 Å². The van der Waals surface area contributed by atoms with E-state index in [1.54, 1.807) is 18.2 Å². The standard InChI is InChI=1S/C21H33N3O5S/c1-16(2)29-20-9-8-18(30(26,27)24-10-12-28-13-11-24)14-19(20)22-15-21(25)23-17-6-4-3-5-7-17/h8-9,14,16-17,22H,3-7,10-13,15H2,1-2H3,(H,23,25). The first-order valence-electron chi connectivity index (χ1n) is 10.8. The zero-order chi connectivity index (χ0) is 21.6. The Balaban J connectivity index is 1.73. The van der Waals surface area contributed by atoms with Gasteiger partial charge in [-0.25, -0.2) is 8.42 Å². The van der Waals surface area contributed by atoms with Crippen molar-refractivity contribution < 1.29 is 22.7 Å². The van der Waals surface area contributed by atoms with Gasteiger partial charge in [0.25, 0.3) is 0 Å². The fourth-order valence-electron chi connectivity index (χ4n) is 3.80. The Bertz CT molecular complexity index is 816. The highest BCUT2D eigenvalue weighted by Gasteiger charge is 2.27. The maximum atomic E-state index is 13.0. The van der Waals surface area contributed by atoms with E-state index in [-0.39, 0.29) is 29.5 Å². The number of morpholine rings is 1. The normalized spacial score (nSPS) is 18.9. The van der Waals surface area contributed by atoms with Crippen molar-refractivity contribution in [1.29, 1.82) is 0 Å².